The SMILES string of the molecule is C=CCN.CC(C)CS(=O)(=O)[O-].[Na+]. The van der Waals surface area contributed by atoms with E-state index < -0.39 is 10.1 Å². The van der Waals surface area contributed by atoms with Gasteiger partial charge in [-0.2, -0.15) is 0 Å². The van der Waals surface area contributed by atoms with Crippen LogP contribution in [0.4, 0.5) is 0 Å². The van der Waals surface area contributed by atoms with Crippen LogP contribution < -0.4 is 35.3 Å². The molecule has 0 aliphatic carbocycles. The largest absolute Gasteiger partial charge is 1.00 e. The summed E-state index contributed by atoms with van der Waals surface area (Å²) in [7, 11) is -3.97. The van der Waals surface area contributed by atoms with Crippen molar-refractivity contribution in [2.45, 2.75) is 13.8 Å². The molecule has 0 fully saturated rings. The van der Waals surface area contributed by atoms with Gasteiger partial charge in [0.25, 0.3) is 0 Å². The van der Waals surface area contributed by atoms with Crippen molar-refractivity contribution in [1.82, 2.24) is 0 Å². The summed E-state index contributed by atoms with van der Waals surface area (Å²) in [6.07, 6.45) is 1.65. The molecule has 0 aliphatic rings. The van der Waals surface area contributed by atoms with Gasteiger partial charge in [0.2, 0.25) is 0 Å². The van der Waals surface area contributed by atoms with Crippen molar-refractivity contribution >= 4 is 10.1 Å². The minimum atomic E-state index is -3.97. The molecule has 6 heteroatoms. The molecule has 0 heterocycles. The Hall–Kier alpha value is 0.610. The summed E-state index contributed by atoms with van der Waals surface area (Å²) >= 11 is 0. The molecule has 0 aromatic carbocycles. The quantitative estimate of drug-likeness (QED) is 0.317. The van der Waals surface area contributed by atoms with E-state index in [-0.39, 0.29) is 41.2 Å². The monoisotopic (exact) mass is 217 g/mol. The van der Waals surface area contributed by atoms with Gasteiger partial charge < -0.3 is 10.3 Å². The summed E-state index contributed by atoms with van der Waals surface area (Å²) < 4.78 is 29.7. The van der Waals surface area contributed by atoms with Gasteiger partial charge in [0.15, 0.2) is 0 Å². The van der Waals surface area contributed by atoms with E-state index in [4.69, 9.17) is 5.73 Å². The van der Waals surface area contributed by atoms with Crippen molar-refractivity contribution in [1.29, 1.82) is 0 Å². The predicted molar refractivity (Wildman–Crippen MR) is 48.7 cm³/mol. The second-order valence-electron chi connectivity index (χ2n) is 2.64. The van der Waals surface area contributed by atoms with Crippen molar-refractivity contribution < 1.29 is 42.5 Å². The Kier molecular flexibility index (Phi) is 15.8. The maximum Gasteiger partial charge on any atom is 1.00 e. The summed E-state index contributed by atoms with van der Waals surface area (Å²) in [5, 5.41) is 0. The molecular weight excluding hydrogens is 201 g/mol. The zero-order valence-corrected chi connectivity index (χ0v) is 11.3. The Morgan fingerprint density at radius 1 is 1.54 bits per heavy atom. The summed E-state index contributed by atoms with van der Waals surface area (Å²) in [6, 6.07) is 0. The molecule has 4 nitrogen and oxygen atoms in total. The Bertz CT molecular complexity index is 202. The van der Waals surface area contributed by atoms with Gasteiger partial charge in [0.05, 0.1) is 10.1 Å². The van der Waals surface area contributed by atoms with Gasteiger partial charge >= 0.3 is 29.6 Å². The second-order valence-corrected chi connectivity index (χ2v) is 4.09. The van der Waals surface area contributed by atoms with E-state index in [9.17, 15) is 13.0 Å². The van der Waals surface area contributed by atoms with Gasteiger partial charge in [-0.25, -0.2) is 8.42 Å². The molecule has 0 aliphatic heterocycles. The molecule has 0 bridgehead atoms. The van der Waals surface area contributed by atoms with Gasteiger partial charge in [0, 0.05) is 12.3 Å². The van der Waals surface area contributed by atoms with E-state index in [1.807, 2.05) is 0 Å². The molecule has 0 spiro atoms. The van der Waals surface area contributed by atoms with Crippen LogP contribution >= 0.6 is 0 Å². The van der Waals surface area contributed by atoms with Crippen LogP contribution in [0.1, 0.15) is 13.8 Å². The molecule has 0 aromatic rings. The maximum absolute atomic E-state index is 9.89. The molecule has 0 radical (unpaired) electrons. The van der Waals surface area contributed by atoms with E-state index in [1.165, 1.54) is 0 Å². The average molecular weight is 217 g/mol. The first kappa shape index (κ1) is 19.2. The smallest absolute Gasteiger partial charge is 0.748 e. The van der Waals surface area contributed by atoms with E-state index in [1.54, 1.807) is 19.9 Å². The Morgan fingerprint density at radius 3 is 1.85 bits per heavy atom. The zero-order chi connectivity index (χ0) is 10.2. The van der Waals surface area contributed by atoms with Crippen LogP contribution in [0, 0.1) is 5.92 Å². The first-order valence-corrected chi connectivity index (χ1v) is 5.15. The van der Waals surface area contributed by atoms with Gasteiger partial charge in [0.1, 0.15) is 0 Å². The molecule has 0 rings (SSSR count). The molecule has 74 valence electrons. The van der Waals surface area contributed by atoms with Crippen molar-refractivity contribution in [3.05, 3.63) is 12.7 Å². The summed E-state index contributed by atoms with van der Waals surface area (Å²) in [5.41, 5.74) is 4.91. The van der Waals surface area contributed by atoms with Crippen molar-refractivity contribution in [3.8, 4) is 0 Å². The maximum atomic E-state index is 9.89. The molecular formula is C7H16NNaO3S. The minimum absolute atomic E-state index is 0. The topological polar surface area (TPSA) is 83.2 Å². The number of hydrogen-bond donors (Lipinski definition) is 1. The van der Waals surface area contributed by atoms with Gasteiger partial charge in [-0.3, -0.25) is 0 Å². The molecule has 2 N–H and O–H groups in total. The molecule has 0 unspecified atom stereocenters. The summed E-state index contributed by atoms with van der Waals surface area (Å²) in [5.74, 6) is -0.315. The summed E-state index contributed by atoms with van der Waals surface area (Å²) in [4.78, 5) is 0. The Balaban J connectivity index is -0.000000173. The van der Waals surface area contributed by atoms with Crippen LogP contribution in [0.3, 0.4) is 0 Å². The minimum Gasteiger partial charge on any atom is -0.748 e. The number of nitrogens with two attached hydrogens (primary N) is 1. The third kappa shape index (κ3) is 32.5. The third-order valence-electron chi connectivity index (χ3n) is 0.704. The van der Waals surface area contributed by atoms with E-state index in [0.29, 0.717) is 6.54 Å². The fourth-order valence-electron chi connectivity index (χ4n) is 0.408. The molecule has 0 saturated carbocycles. The molecule has 13 heavy (non-hydrogen) atoms. The van der Waals surface area contributed by atoms with Gasteiger partial charge in [-0.15, -0.1) is 6.58 Å². The van der Waals surface area contributed by atoms with Crippen LogP contribution in [0.2, 0.25) is 0 Å². The van der Waals surface area contributed by atoms with Crippen LogP contribution in [0.5, 0.6) is 0 Å². The van der Waals surface area contributed by atoms with Crippen LogP contribution in [0.15, 0.2) is 12.7 Å². The van der Waals surface area contributed by atoms with Crippen molar-refractivity contribution in [2.75, 3.05) is 12.3 Å². The average Bonchev–Trinajstić information content (AvgIpc) is 1.83. The van der Waals surface area contributed by atoms with Crippen molar-refractivity contribution in [3.63, 3.8) is 0 Å². The fourth-order valence-corrected chi connectivity index (χ4v) is 1.22. The van der Waals surface area contributed by atoms with E-state index in [0.717, 1.165) is 0 Å². The molecule has 0 atom stereocenters. The van der Waals surface area contributed by atoms with Crippen LogP contribution in [0.25, 0.3) is 0 Å². The van der Waals surface area contributed by atoms with Crippen molar-refractivity contribution in [2.24, 2.45) is 11.7 Å². The third-order valence-corrected chi connectivity index (χ3v) is 1.78. The number of rotatable bonds is 3. The van der Waals surface area contributed by atoms with E-state index >= 15 is 0 Å². The molecule has 0 saturated heterocycles. The normalized spacial score (nSPS) is 9.62. The second kappa shape index (κ2) is 10.7. The number of hydrogen-bond acceptors (Lipinski definition) is 4. The zero-order valence-electron chi connectivity index (χ0n) is 8.49. The first-order chi connectivity index (χ1) is 5.33. The standard InChI is InChI=1S/C4H10O3S.C3H7N.Na/c1-4(2)3-8(5,6)7;1-2-3-4;/h4H,3H2,1-2H3,(H,5,6,7);2H,1,3-4H2;/q;;+1/p-1. The van der Waals surface area contributed by atoms with Gasteiger partial charge in [-0.1, -0.05) is 19.9 Å². The molecule has 0 amide bonds. The Labute approximate surface area is 103 Å². The fraction of sp³-hybridized carbons (Fsp3) is 0.714. The molecule has 0 aromatic heterocycles. The van der Waals surface area contributed by atoms with Gasteiger partial charge in [-0.05, 0) is 5.92 Å². The summed E-state index contributed by atoms with van der Waals surface area (Å²) in [6.45, 7) is 7.32. The van der Waals surface area contributed by atoms with Crippen LogP contribution in [-0.4, -0.2) is 25.3 Å². The Morgan fingerprint density at radius 2 is 1.85 bits per heavy atom. The van der Waals surface area contributed by atoms with Crippen LogP contribution in [-0.2, 0) is 10.1 Å². The predicted octanol–water partition coefficient (Wildman–Crippen LogP) is -2.68. The van der Waals surface area contributed by atoms with E-state index in [2.05, 4.69) is 6.58 Å². The first-order valence-electron chi connectivity index (χ1n) is 3.58.